The summed E-state index contributed by atoms with van der Waals surface area (Å²) >= 11 is 1.42. The number of aryl methyl sites for hydroxylation is 1. The number of fused-ring (bicyclic) bond motifs is 1. The van der Waals surface area contributed by atoms with Gasteiger partial charge in [-0.3, -0.25) is 4.57 Å². The quantitative estimate of drug-likeness (QED) is 0.402. The number of thiophene rings is 1. The fourth-order valence-corrected chi connectivity index (χ4v) is 3.76. The molecule has 2 heterocycles. The number of imidazole rings is 1. The molecule has 0 bridgehead atoms. The molecule has 0 aliphatic rings. The second kappa shape index (κ2) is 8.30. The van der Waals surface area contributed by atoms with Crippen LogP contribution in [-0.4, -0.2) is 22.1 Å². The normalized spacial score (nSPS) is 11.1. The molecular formula is C20H24N2O2S. The summed E-state index contributed by atoms with van der Waals surface area (Å²) in [6.45, 7) is 4.43. The van der Waals surface area contributed by atoms with E-state index in [0.717, 1.165) is 35.4 Å². The highest BCUT2D eigenvalue weighted by Gasteiger charge is 2.16. The first-order valence-corrected chi connectivity index (χ1v) is 9.85. The molecule has 0 aliphatic carbocycles. The zero-order chi connectivity index (χ0) is 17.6. The number of carbonyl (C=O) groups excluding carboxylic acids is 1. The van der Waals surface area contributed by atoms with E-state index >= 15 is 0 Å². The number of para-hydroxylation sites is 2. The number of esters is 1. The zero-order valence-electron chi connectivity index (χ0n) is 14.8. The molecule has 132 valence electrons. The van der Waals surface area contributed by atoms with Crippen molar-refractivity contribution in [3.8, 4) is 5.69 Å². The maximum atomic E-state index is 12.0. The summed E-state index contributed by atoms with van der Waals surface area (Å²) in [6.07, 6.45) is 5.78. The van der Waals surface area contributed by atoms with Gasteiger partial charge in [0.25, 0.3) is 0 Å². The molecule has 0 radical (unpaired) electrons. The van der Waals surface area contributed by atoms with Crippen molar-refractivity contribution in [3.05, 3.63) is 46.4 Å². The van der Waals surface area contributed by atoms with E-state index in [1.165, 1.54) is 30.6 Å². The molecule has 1 aromatic carbocycles. The van der Waals surface area contributed by atoms with E-state index in [2.05, 4.69) is 17.6 Å². The Hall–Kier alpha value is -2.14. The van der Waals surface area contributed by atoms with Crippen LogP contribution in [0.25, 0.3) is 16.7 Å². The highest BCUT2D eigenvalue weighted by Crippen LogP contribution is 2.27. The standard InChI is InChI=1S/C20H24N2O2S/c1-3-5-6-7-12-19-21-16-10-8-9-11-17(16)22(19)15-13-18(25-14-15)20(23)24-4-2/h8-11,13-14H,3-7,12H2,1-2H3. The molecule has 3 aromatic rings. The second-order valence-electron chi connectivity index (χ2n) is 6.05. The molecule has 0 saturated carbocycles. The van der Waals surface area contributed by atoms with E-state index in [0.29, 0.717) is 11.5 Å². The molecular weight excluding hydrogens is 332 g/mol. The Balaban J connectivity index is 1.94. The molecule has 3 rings (SSSR count). The van der Waals surface area contributed by atoms with E-state index in [9.17, 15) is 4.79 Å². The van der Waals surface area contributed by atoms with E-state index in [4.69, 9.17) is 9.72 Å². The Bertz CT molecular complexity index is 850. The van der Waals surface area contributed by atoms with Gasteiger partial charge in [-0.1, -0.05) is 38.3 Å². The summed E-state index contributed by atoms with van der Waals surface area (Å²) < 4.78 is 7.30. The number of unbranched alkanes of at least 4 members (excludes halogenated alkanes) is 3. The van der Waals surface area contributed by atoms with Crippen LogP contribution < -0.4 is 0 Å². The van der Waals surface area contributed by atoms with Gasteiger partial charge in [-0.2, -0.15) is 0 Å². The lowest BCUT2D eigenvalue weighted by Gasteiger charge is -2.07. The number of carbonyl (C=O) groups is 1. The van der Waals surface area contributed by atoms with E-state index in [-0.39, 0.29) is 5.97 Å². The number of benzene rings is 1. The lowest BCUT2D eigenvalue weighted by atomic mass is 10.1. The summed E-state index contributed by atoms with van der Waals surface area (Å²) in [5, 5.41) is 2.01. The molecule has 0 atom stereocenters. The average Bonchev–Trinajstić information content (AvgIpc) is 3.23. The van der Waals surface area contributed by atoms with Crippen molar-refractivity contribution in [3.63, 3.8) is 0 Å². The summed E-state index contributed by atoms with van der Waals surface area (Å²) in [5.74, 6) is 0.804. The third-order valence-electron chi connectivity index (χ3n) is 4.20. The van der Waals surface area contributed by atoms with Crippen LogP contribution in [0.1, 0.15) is 55.0 Å². The second-order valence-corrected chi connectivity index (χ2v) is 6.96. The predicted molar refractivity (Wildman–Crippen MR) is 103 cm³/mol. The SMILES string of the molecule is CCCCCCc1nc2ccccc2n1-c1csc(C(=O)OCC)c1. The Morgan fingerprint density at radius 3 is 2.84 bits per heavy atom. The van der Waals surface area contributed by atoms with Crippen molar-refractivity contribution >= 4 is 28.3 Å². The number of aromatic nitrogens is 2. The van der Waals surface area contributed by atoms with Crippen LogP contribution in [0.2, 0.25) is 0 Å². The minimum absolute atomic E-state index is 0.257. The van der Waals surface area contributed by atoms with Crippen LogP contribution in [0.4, 0.5) is 0 Å². The van der Waals surface area contributed by atoms with Gasteiger partial charge in [0.05, 0.1) is 23.3 Å². The lowest BCUT2D eigenvalue weighted by molar-refractivity contribution is 0.0532. The highest BCUT2D eigenvalue weighted by atomic mass is 32.1. The fourth-order valence-electron chi connectivity index (χ4n) is 2.99. The van der Waals surface area contributed by atoms with Gasteiger partial charge in [-0.05, 0) is 31.5 Å². The Labute approximate surface area is 152 Å². The van der Waals surface area contributed by atoms with Crippen molar-refractivity contribution in [2.45, 2.75) is 46.0 Å². The largest absolute Gasteiger partial charge is 0.462 e. The topological polar surface area (TPSA) is 44.1 Å². The third kappa shape index (κ3) is 3.93. The van der Waals surface area contributed by atoms with Crippen molar-refractivity contribution < 1.29 is 9.53 Å². The molecule has 0 fully saturated rings. The summed E-state index contributed by atoms with van der Waals surface area (Å²) in [6, 6.07) is 10.1. The lowest BCUT2D eigenvalue weighted by Crippen LogP contribution is -2.03. The van der Waals surface area contributed by atoms with Crippen molar-refractivity contribution in [1.82, 2.24) is 9.55 Å². The average molecular weight is 356 g/mol. The number of ether oxygens (including phenoxy) is 1. The molecule has 5 heteroatoms. The molecule has 0 N–H and O–H groups in total. The first kappa shape index (κ1) is 17.7. The molecule has 0 unspecified atom stereocenters. The zero-order valence-corrected chi connectivity index (χ0v) is 15.6. The van der Waals surface area contributed by atoms with Gasteiger partial charge in [0.2, 0.25) is 0 Å². The number of hydrogen-bond acceptors (Lipinski definition) is 4. The van der Waals surface area contributed by atoms with Crippen LogP contribution in [-0.2, 0) is 11.2 Å². The maximum Gasteiger partial charge on any atom is 0.348 e. The number of rotatable bonds is 8. The molecule has 2 aromatic heterocycles. The van der Waals surface area contributed by atoms with E-state index in [1.807, 2.05) is 36.6 Å². The predicted octanol–water partition coefficient (Wildman–Crippen LogP) is 5.39. The molecule has 0 spiro atoms. The fraction of sp³-hybridized carbons (Fsp3) is 0.400. The van der Waals surface area contributed by atoms with Gasteiger partial charge < -0.3 is 4.74 Å². The van der Waals surface area contributed by atoms with Crippen molar-refractivity contribution in [2.24, 2.45) is 0 Å². The van der Waals surface area contributed by atoms with Crippen LogP contribution in [0.5, 0.6) is 0 Å². The molecule has 0 aliphatic heterocycles. The monoisotopic (exact) mass is 356 g/mol. The summed E-state index contributed by atoms with van der Waals surface area (Å²) in [7, 11) is 0. The first-order valence-electron chi connectivity index (χ1n) is 8.97. The Kier molecular flexibility index (Phi) is 5.87. The minimum atomic E-state index is -0.257. The van der Waals surface area contributed by atoms with Gasteiger partial charge in [0.15, 0.2) is 0 Å². The summed E-state index contributed by atoms with van der Waals surface area (Å²) in [5.41, 5.74) is 3.07. The van der Waals surface area contributed by atoms with Crippen molar-refractivity contribution in [1.29, 1.82) is 0 Å². The van der Waals surface area contributed by atoms with Crippen molar-refractivity contribution in [2.75, 3.05) is 6.61 Å². The van der Waals surface area contributed by atoms with Crippen LogP contribution in [0, 0.1) is 0 Å². The minimum Gasteiger partial charge on any atom is -0.462 e. The summed E-state index contributed by atoms with van der Waals surface area (Å²) in [4.78, 5) is 17.4. The van der Waals surface area contributed by atoms with Crippen LogP contribution in [0.3, 0.4) is 0 Å². The van der Waals surface area contributed by atoms with E-state index in [1.54, 1.807) is 0 Å². The third-order valence-corrected chi connectivity index (χ3v) is 5.10. The van der Waals surface area contributed by atoms with Gasteiger partial charge in [-0.15, -0.1) is 11.3 Å². The van der Waals surface area contributed by atoms with Gasteiger partial charge in [-0.25, -0.2) is 9.78 Å². The van der Waals surface area contributed by atoms with Crippen LogP contribution in [0.15, 0.2) is 35.7 Å². The smallest absolute Gasteiger partial charge is 0.348 e. The Morgan fingerprint density at radius 2 is 2.04 bits per heavy atom. The molecule has 0 saturated heterocycles. The maximum absolute atomic E-state index is 12.0. The Morgan fingerprint density at radius 1 is 1.20 bits per heavy atom. The van der Waals surface area contributed by atoms with Gasteiger partial charge in [0.1, 0.15) is 10.7 Å². The number of hydrogen-bond donors (Lipinski definition) is 0. The first-order chi connectivity index (χ1) is 12.2. The van der Waals surface area contributed by atoms with Gasteiger partial charge in [0, 0.05) is 11.8 Å². The highest BCUT2D eigenvalue weighted by molar-refractivity contribution is 7.12. The van der Waals surface area contributed by atoms with Crippen LogP contribution >= 0.6 is 11.3 Å². The van der Waals surface area contributed by atoms with E-state index < -0.39 is 0 Å². The van der Waals surface area contributed by atoms with Gasteiger partial charge >= 0.3 is 5.97 Å². The molecule has 4 nitrogen and oxygen atoms in total. The molecule has 25 heavy (non-hydrogen) atoms. The molecule has 0 amide bonds. The number of nitrogens with zero attached hydrogens (tertiary/aromatic N) is 2.